The normalized spacial score (nSPS) is 12.3. The first-order valence-electron chi connectivity index (χ1n) is 6.57. The Bertz CT molecular complexity index is 789. The van der Waals surface area contributed by atoms with Crippen molar-refractivity contribution >= 4 is 26.8 Å². The van der Waals surface area contributed by atoms with E-state index in [0.29, 0.717) is 17.0 Å². The number of nitrogens with zero attached hydrogens (tertiary/aromatic N) is 1. The van der Waals surface area contributed by atoms with Gasteiger partial charge in [0.25, 0.3) is 0 Å². The minimum absolute atomic E-state index is 0.582. The van der Waals surface area contributed by atoms with Crippen molar-refractivity contribution in [3.05, 3.63) is 70.3 Å². The van der Waals surface area contributed by atoms with Crippen LogP contribution in [-0.4, -0.2) is 17.2 Å². The number of hydrogen-bond acceptors (Lipinski definition) is 3. The van der Waals surface area contributed by atoms with Crippen molar-refractivity contribution in [2.45, 2.75) is 6.10 Å². The van der Waals surface area contributed by atoms with Gasteiger partial charge in [-0.25, -0.2) is 4.98 Å². The predicted molar refractivity (Wildman–Crippen MR) is 86.5 cm³/mol. The first-order valence-corrected chi connectivity index (χ1v) is 7.36. The molecule has 0 aliphatic carbocycles. The van der Waals surface area contributed by atoms with Crippen molar-refractivity contribution in [3.8, 4) is 5.75 Å². The summed E-state index contributed by atoms with van der Waals surface area (Å²) in [6.45, 7) is 0. The second-order valence-corrected chi connectivity index (χ2v) is 5.55. The fraction of sp³-hybridized carbons (Fsp3) is 0.118. The maximum atomic E-state index is 10.7. The quantitative estimate of drug-likeness (QED) is 0.778. The molecule has 1 atom stereocenters. The van der Waals surface area contributed by atoms with Crippen LogP contribution < -0.4 is 4.74 Å². The molecule has 0 saturated carbocycles. The molecule has 1 aromatic heterocycles. The molecular weight excluding hydrogens is 330 g/mol. The van der Waals surface area contributed by atoms with Gasteiger partial charge in [-0.05, 0) is 34.1 Å². The van der Waals surface area contributed by atoms with E-state index in [1.54, 1.807) is 7.11 Å². The summed E-state index contributed by atoms with van der Waals surface area (Å²) in [4.78, 5) is 4.57. The van der Waals surface area contributed by atoms with Crippen LogP contribution in [-0.2, 0) is 0 Å². The van der Waals surface area contributed by atoms with Gasteiger partial charge in [0.15, 0.2) is 0 Å². The minimum Gasteiger partial charge on any atom is -0.496 e. The molecule has 0 amide bonds. The molecule has 0 radical (unpaired) electrons. The summed E-state index contributed by atoms with van der Waals surface area (Å²) in [5.74, 6) is 0.645. The molecular formula is C17H14BrNO2. The zero-order valence-electron chi connectivity index (χ0n) is 11.5. The van der Waals surface area contributed by atoms with Crippen LogP contribution in [0.4, 0.5) is 0 Å². The standard InChI is InChI=1S/C17H14BrNO2/c1-21-15-9-5-3-7-12(15)17(20)16-13(18)10-11-6-2-4-8-14(11)19-16/h2-10,17,20H,1H3. The average molecular weight is 344 g/mol. The van der Waals surface area contributed by atoms with E-state index in [1.165, 1.54) is 0 Å². The summed E-state index contributed by atoms with van der Waals surface area (Å²) in [5, 5.41) is 11.7. The maximum Gasteiger partial charge on any atom is 0.126 e. The third-order valence-corrected chi connectivity index (χ3v) is 4.03. The van der Waals surface area contributed by atoms with E-state index in [0.717, 1.165) is 15.4 Å². The fourth-order valence-electron chi connectivity index (χ4n) is 2.34. The van der Waals surface area contributed by atoms with Gasteiger partial charge in [0, 0.05) is 15.4 Å². The van der Waals surface area contributed by atoms with Gasteiger partial charge in [-0.1, -0.05) is 36.4 Å². The highest BCUT2D eigenvalue weighted by Crippen LogP contribution is 2.33. The smallest absolute Gasteiger partial charge is 0.126 e. The Morgan fingerprint density at radius 3 is 2.62 bits per heavy atom. The zero-order valence-corrected chi connectivity index (χ0v) is 13.0. The molecule has 1 heterocycles. The monoisotopic (exact) mass is 343 g/mol. The lowest BCUT2D eigenvalue weighted by atomic mass is 10.0. The number of rotatable bonds is 3. The lowest BCUT2D eigenvalue weighted by molar-refractivity contribution is 0.209. The molecule has 4 heteroatoms. The molecule has 0 aliphatic heterocycles. The number of ether oxygens (including phenoxy) is 1. The maximum absolute atomic E-state index is 10.7. The number of aliphatic hydroxyl groups excluding tert-OH is 1. The Morgan fingerprint density at radius 1 is 1.10 bits per heavy atom. The lowest BCUT2D eigenvalue weighted by Crippen LogP contribution is -2.05. The molecule has 0 spiro atoms. The number of fused-ring (bicyclic) bond motifs is 1. The number of aliphatic hydroxyl groups is 1. The van der Waals surface area contributed by atoms with Crippen LogP contribution in [0.5, 0.6) is 5.75 Å². The Balaban J connectivity index is 2.13. The third-order valence-electron chi connectivity index (χ3n) is 3.40. The number of hydrogen-bond donors (Lipinski definition) is 1. The van der Waals surface area contributed by atoms with Crippen molar-refractivity contribution in [2.24, 2.45) is 0 Å². The summed E-state index contributed by atoms with van der Waals surface area (Å²) >= 11 is 3.50. The van der Waals surface area contributed by atoms with Gasteiger partial charge in [0.2, 0.25) is 0 Å². The second kappa shape index (κ2) is 5.84. The SMILES string of the molecule is COc1ccccc1C(O)c1nc2ccccc2cc1Br. The van der Waals surface area contributed by atoms with Crippen LogP contribution in [0.25, 0.3) is 10.9 Å². The van der Waals surface area contributed by atoms with Gasteiger partial charge in [0.1, 0.15) is 11.9 Å². The van der Waals surface area contributed by atoms with E-state index in [-0.39, 0.29) is 0 Å². The third kappa shape index (κ3) is 2.64. The summed E-state index contributed by atoms with van der Waals surface area (Å²) in [7, 11) is 1.59. The average Bonchev–Trinajstić information content (AvgIpc) is 2.53. The second-order valence-electron chi connectivity index (χ2n) is 4.69. The molecule has 106 valence electrons. The molecule has 0 saturated heterocycles. The highest BCUT2D eigenvalue weighted by molar-refractivity contribution is 9.10. The topological polar surface area (TPSA) is 42.4 Å². The van der Waals surface area contributed by atoms with Gasteiger partial charge in [-0.3, -0.25) is 0 Å². The van der Waals surface area contributed by atoms with Crippen molar-refractivity contribution in [1.29, 1.82) is 0 Å². The molecule has 0 aliphatic rings. The van der Waals surface area contributed by atoms with Crippen LogP contribution in [0.15, 0.2) is 59.1 Å². The highest BCUT2D eigenvalue weighted by atomic mass is 79.9. The Kier molecular flexibility index (Phi) is 3.90. The first-order chi connectivity index (χ1) is 10.2. The first kappa shape index (κ1) is 14.0. The van der Waals surface area contributed by atoms with Gasteiger partial charge in [-0.2, -0.15) is 0 Å². The number of aromatic nitrogens is 1. The van der Waals surface area contributed by atoms with Crippen LogP contribution in [0.1, 0.15) is 17.4 Å². The number of pyridine rings is 1. The Hall–Kier alpha value is -1.91. The van der Waals surface area contributed by atoms with E-state index in [9.17, 15) is 5.11 Å². The molecule has 0 bridgehead atoms. The van der Waals surface area contributed by atoms with E-state index >= 15 is 0 Å². The molecule has 3 rings (SSSR count). The van der Waals surface area contributed by atoms with Gasteiger partial charge >= 0.3 is 0 Å². The van der Waals surface area contributed by atoms with Crippen LogP contribution in [0.3, 0.4) is 0 Å². The predicted octanol–water partition coefficient (Wildman–Crippen LogP) is 4.09. The van der Waals surface area contributed by atoms with E-state index < -0.39 is 6.10 Å². The van der Waals surface area contributed by atoms with Crippen molar-refractivity contribution in [1.82, 2.24) is 4.98 Å². The van der Waals surface area contributed by atoms with Gasteiger partial charge in [0.05, 0.1) is 18.3 Å². The van der Waals surface area contributed by atoms with Crippen molar-refractivity contribution in [2.75, 3.05) is 7.11 Å². The summed E-state index contributed by atoms with van der Waals surface area (Å²) in [6.07, 6.45) is -0.847. The number of halogens is 1. The van der Waals surface area contributed by atoms with E-state index in [1.807, 2.05) is 54.6 Å². The molecule has 3 aromatic rings. The number of methoxy groups -OCH3 is 1. The van der Waals surface area contributed by atoms with Gasteiger partial charge in [-0.15, -0.1) is 0 Å². The molecule has 0 fully saturated rings. The lowest BCUT2D eigenvalue weighted by Gasteiger charge is -2.16. The Morgan fingerprint density at radius 2 is 1.81 bits per heavy atom. The number of para-hydroxylation sites is 2. The van der Waals surface area contributed by atoms with E-state index in [4.69, 9.17) is 4.74 Å². The van der Waals surface area contributed by atoms with E-state index in [2.05, 4.69) is 20.9 Å². The van der Waals surface area contributed by atoms with Crippen molar-refractivity contribution in [3.63, 3.8) is 0 Å². The number of benzene rings is 2. The molecule has 21 heavy (non-hydrogen) atoms. The largest absolute Gasteiger partial charge is 0.496 e. The molecule has 3 nitrogen and oxygen atoms in total. The van der Waals surface area contributed by atoms with Crippen molar-refractivity contribution < 1.29 is 9.84 Å². The zero-order chi connectivity index (χ0) is 14.8. The Labute approximate surface area is 131 Å². The summed E-state index contributed by atoms with van der Waals surface area (Å²) in [5.41, 5.74) is 2.13. The van der Waals surface area contributed by atoms with Crippen LogP contribution >= 0.6 is 15.9 Å². The minimum atomic E-state index is -0.847. The van der Waals surface area contributed by atoms with Crippen LogP contribution in [0.2, 0.25) is 0 Å². The van der Waals surface area contributed by atoms with Gasteiger partial charge < -0.3 is 9.84 Å². The molecule has 2 aromatic carbocycles. The molecule has 1 unspecified atom stereocenters. The summed E-state index contributed by atoms with van der Waals surface area (Å²) in [6, 6.07) is 17.2. The summed E-state index contributed by atoms with van der Waals surface area (Å²) < 4.78 is 6.09. The van der Waals surface area contributed by atoms with Crippen LogP contribution in [0, 0.1) is 0 Å². The molecule has 1 N–H and O–H groups in total. The fourth-order valence-corrected chi connectivity index (χ4v) is 2.89. The highest BCUT2D eigenvalue weighted by Gasteiger charge is 2.19.